The summed E-state index contributed by atoms with van der Waals surface area (Å²) in [5.41, 5.74) is 1.11. The van der Waals surface area contributed by atoms with E-state index in [2.05, 4.69) is 12.2 Å². The summed E-state index contributed by atoms with van der Waals surface area (Å²) in [6.07, 6.45) is 4.85. The molecule has 0 spiro atoms. The van der Waals surface area contributed by atoms with E-state index in [9.17, 15) is 14.9 Å². The molecule has 4 aromatic rings. The van der Waals surface area contributed by atoms with Crippen LogP contribution in [0.25, 0.3) is 17.3 Å². The van der Waals surface area contributed by atoms with Gasteiger partial charge in [-0.25, -0.2) is 0 Å². The number of nitriles is 1. The molecule has 0 fully saturated rings. The first-order valence-electron chi connectivity index (χ1n) is 13.2. The van der Waals surface area contributed by atoms with E-state index in [1.807, 2.05) is 24.3 Å². The maximum atomic E-state index is 13.7. The molecule has 0 saturated carbocycles. The first-order chi connectivity index (χ1) is 20.0. The number of rotatable bonds is 11. The second kappa shape index (κ2) is 14.0. The predicted octanol–water partition coefficient (Wildman–Crippen LogP) is 4.63. The Morgan fingerprint density at radius 1 is 0.976 bits per heavy atom. The van der Waals surface area contributed by atoms with E-state index in [0.717, 1.165) is 30.6 Å². The minimum absolute atomic E-state index is 0.199. The van der Waals surface area contributed by atoms with Crippen LogP contribution in [0.5, 0.6) is 17.2 Å². The van der Waals surface area contributed by atoms with Crippen LogP contribution in [0.1, 0.15) is 31.7 Å². The summed E-state index contributed by atoms with van der Waals surface area (Å²) in [6, 6.07) is 23.3. The van der Waals surface area contributed by atoms with E-state index in [1.165, 1.54) is 11.7 Å². The molecule has 210 valence electrons. The number of para-hydroxylation sites is 3. The van der Waals surface area contributed by atoms with Gasteiger partial charge in [0.1, 0.15) is 16.5 Å². The first kappa shape index (κ1) is 29.2. The number of anilines is 1. The van der Waals surface area contributed by atoms with Crippen LogP contribution < -0.4 is 34.3 Å². The first-order valence-corrected chi connectivity index (χ1v) is 14.0. The molecule has 1 amide bonds. The molecule has 0 aliphatic heterocycles. The molecular weight excluding hydrogens is 538 g/mol. The van der Waals surface area contributed by atoms with Gasteiger partial charge in [-0.1, -0.05) is 56.2 Å². The number of nitrogens with one attached hydrogen (secondary N) is 1. The SMILES string of the molecule is CCCCCOc1ccc(C=c2sc(=C(C#N)C(=O)Nc3ccccc3OC)n(-c3ccccc3)c2=O)cc1OC. The van der Waals surface area contributed by atoms with Crippen LogP contribution in [0.2, 0.25) is 0 Å². The number of carbonyl (C=O) groups is 1. The lowest BCUT2D eigenvalue weighted by Gasteiger charge is -2.11. The van der Waals surface area contributed by atoms with Gasteiger partial charge in [-0.05, 0) is 54.5 Å². The molecule has 0 atom stereocenters. The van der Waals surface area contributed by atoms with Gasteiger partial charge >= 0.3 is 0 Å². The number of hydrogen-bond acceptors (Lipinski definition) is 7. The van der Waals surface area contributed by atoms with Gasteiger partial charge < -0.3 is 19.5 Å². The number of benzene rings is 3. The van der Waals surface area contributed by atoms with E-state index in [4.69, 9.17) is 14.2 Å². The topological polar surface area (TPSA) is 103 Å². The largest absolute Gasteiger partial charge is 0.495 e. The molecular formula is C32H31N3O5S. The average Bonchev–Trinajstić information content (AvgIpc) is 3.31. The molecule has 3 aromatic carbocycles. The van der Waals surface area contributed by atoms with Crippen LogP contribution in [-0.2, 0) is 4.79 Å². The second-order valence-corrected chi connectivity index (χ2v) is 10.0. The summed E-state index contributed by atoms with van der Waals surface area (Å²) >= 11 is 1.07. The molecule has 0 aliphatic rings. The number of thiazole rings is 1. The molecule has 9 heteroatoms. The smallest absolute Gasteiger partial charge is 0.273 e. The van der Waals surface area contributed by atoms with Crippen molar-refractivity contribution >= 4 is 34.6 Å². The Morgan fingerprint density at radius 3 is 2.41 bits per heavy atom. The fraction of sp³-hybridized carbons (Fsp3) is 0.219. The highest BCUT2D eigenvalue weighted by Crippen LogP contribution is 2.28. The number of carbonyl (C=O) groups excluding carboxylic acids is 1. The molecule has 1 aromatic heterocycles. The van der Waals surface area contributed by atoms with Gasteiger partial charge in [-0.2, -0.15) is 5.26 Å². The second-order valence-electron chi connectivity index (χ2n) is 9.00. The summed E-state index contributed by atoms with van der Waals surface area (Å²) in [4.78, 5) is 27.1. The van der Waals surface area contributed by atoms with E-state index in [1.54, 1.807) is 67.8 Å². The van der Waals surface area contributed by atoms with Crippen LogP contribution in [-0.4, -0.2) is 31.3 Å². The molecule has 0 unspecified atom stereocenters. The molecule has 0 bridgehead atoms. The predicted molar refractivity (Wildman–Crippen MR) is 161 cm³/mol. The Balaban J connectivity index is 1.83. The van der Waals surface area contributed by atoms with Crippen LogP contribution in [0.3, 0.4) is 0 Å². The molecule has 1 N–H and O–H groups in total. The normalized spacial score (nSPS) is 11.9. The lowest BCUT2D eigenvalue weighted by Crippen LogP contribution is -2.32. The van der Waals surface area contributed by atoms with Gasteiger partial charge in [0.15, 0.2) is 17.1 Å². The van der Waals surface area contributed by atoms with Gasteiger partial charge in [0.25, 0.3) is 11.5 Å². The minimum Gasteiger partial charge on any atom is -0.495 e. The maximum absolute atomic E-state index is 13.7. The van der Waals surface area contributed by atoms with Crippen molar-refractivity contribution in [3.05, 3.63) is 97.9 Å². The Bertz CT molecular complexity index is 1740. The molecule has 0 radical (unpaired) electrons. The van der Waals surface area contributed by atoms with Crippen molar-refractivity contribution in [3.63, 3.8) is 0 Å². The third kappa shape index (κ3) is 6.86. The highest BCUT2D eigenvalue weighted by atomic mass is 32.1. The third-order valence-electron chi connectivity index (χ3n) is 6.24. The van der Waals surface area contributed by atoms with E-state index >= 15 is 0 Å². The van der Waals surface area contributed by atoms with E-state index < -0.39 is 5.91 Å². The quantitative estimate of drug-likeness (QED) is 0.264. The van der Waals surface area contributed by atoms with Crippen molar-refractivity contribution in [2.24, 2.45) is 0 Å². The number of nitrogens with zero attached hydrogens (tertiary/aromatic N) is 2. The van der Waals surface area contributed by atoms with Crippen LogP contribution in [0.4, 0.5) is 5.69 Å². The number of ether oxygens (including phenoxy) is 3. The number of unbranched alkanes of at least 4 members (excludes halogenated alkanes) is 2. The summed E-state index contributed by atoms with van der Waals surface area (Å²) in [5.74, 6) is 0.976. The van der Waals surface area contributed by atoms with Gasteiger partial charge in [0.05, 0.1) is 36.7 Å². The van der Waals surface area contributed by atoms with Crippen molar-refractivity contribution < 1.29 is 19.0 Å². The summed E-state index contributed by atoms with van der Waals surface area (Å²) in [5, 5.41) is 12.8. The molecule has 1 heterocycles. The lowest BCUT2D eigenvalue weighted by molar-refractivity contribution is -0.111. The maximum Gasteiger partial charge on any atom is 0.273 e. The summed E-state index contributed by atoms with van der Waals surface area (Å²) < 4.78 is 18.7. The molecule has 8 nitrogen and oxygen atoms in total. The zero-order valence-electron chi connectivity index (χ0n) is 23.2. The third-order valence-corrected chi connectivity index (χ3v) is 7.33. The molecule has 0 saturated heterocycles. The zero-order chi connectivity index (χ0) is 29.2. The Labute approximate surface area is 242 Å². The van der Waals surface area contributed by atoms with Crippen molar-refractivity contribution in [1.29, 1.82) is 5.26 Å². The Hall–Kier alpha value is -4.81. The van der Waals surface area contributed by atoms with Gasteiger partial charge in [-0.3, -0.25) is 14.2 Å². The average molecular weight is 570 g/mol. The number of hydrogen-bond donors (Lipinski definition) is 1. The highest BCUT2D eigenvalue weighted by Gasteiger charge is 2.18. The highest BCUT2D eigenvalue weighted by molar-refractivity contribution is 7.07. The molecule has 4 rings (SSSR count). The zero-order valence-corrected chi connectivity index (χ0v) is 24.0. The van der Waals surface area contributed by atoms with Crippen molar-refractivity contribution in [1.82, 2.24) is 4.57 Å². The van der Waals surface area contributed by atoms with Crippen LogP contribution in [0, 0.1) is 11.3 Å². The summed E-state index contributed by atoms with van der Waals surface area (Å²) in [7, 11) is 3.06. The molecule has 41 heavy (non-hydrogen) atoms. The van der Waals surface area contributed by atoms with Gasteiger partial charge in [-0.15, -0.1) is 11.3 Å². The standard InChI is InChI=1S/C32H31N3O5S/c1-4-5-11-18-40-27-17-16-22(19-28(27)39-3)20-29-31(37)35(23-12-7-6-8-13-23)32(41-29)24(21-33)30(36)34-25-14-9-10-15-26(25)38-2/h6-10,12-17,19-20H,4-5,11,18H2,1-3H3,(H,34,36). The number of amides is 1. The Kier molecular flexibility index (Phi) is 9.97. The lowest BCUT2D eigenvalue weighted by atomic mass is 10.2. The van der Waals surface area contributed by atoms with Crippen LogP contribution in [0.15, 0.2) is 77.6 Å². The van der Waals surface area contributed by atoms with E-state index in [0.29, 0.717) is 45.3 Å². The van der Waals surface area contributed by atoms with Gasteiger partial charge in [0, 0.05) is 0 Å². The van der Waals surface area contributed by atoms with Gasteiger partial charge in [0.2, 0.25) is 0 Å². The minimum atomic E-state index is -0.652. The van der Waals surface area contributed by atoms with Crippen molar-refractivity contribution in [3.8, 4) is 29.0 Å². The van der Waals surface area contributed by atoms with Crippen molar-refractivity contribution in [2.75, 3.05) is 26.1 Å². The van der Waals surface area contributed by atoms with Crippen molar-refractivity contribution in [2.45, 2.75) is 26.2 Å². The monoisotopic (exact) mass is 569 g/mol. The number of aromatic nitrogens is 1. The van der Waals surface area contributed by atoms with Crippen LogP contribution >= 0.6 is 11.3 Å². The molecule has 0 aliphatic carbocycles. The fourth-order valence-corrected chi connectivity index (χ4v) is 5.27. The summed E-state index contributed by atoms with van der Waals surface area (Å²) in [6.45, 7) is 2.73. The Morgan fingerprint density at radius 2 is 1.71 bits per heavy atom. The number of methoxy groups -OCH3 is 2. The van der Waals surface area contributed by atoms with E-state index in [-0.39, 0.29) is 15.8 Å². The fourth-order valence-electron chi connectivity index (χ4n) is 4.17.